The molecule has 0 spiro atoms. The Kier molecular flexibility index (Phi) is 7.60. The van der Waals surface area contributed by atoms with Gasteiger partial charge in [-0.25, -0.2) is 28.1 Å². The van der Waals surface area contributed by atoms with Crippen LogP contribution < -0.4 is 17.1 Å². The van der Waals surface area contributed by atoms with Gasteiger partial charge in [0.2, 0.25) is 0 Å². The van der Waals surface area contributed by atoms with Crippen molar-refractivity contribution in [3.63, 3.8) is 0 Å². The molecule has 1 unspecified atom stereocenters. The predicted octanol–water partition coefficient (Wildman–Crippen LogP) is -0.576. The first-order valence-corrected chi connectivity index (χ1v) is 8.64. The maximum Gasteiger partial charge on any atom is 0.336 e. The Hall–Kier alpha value is -1.71. The van der Waals surface area contributed by atoms with Crippen LogP contribution in [0.1, 0.15) is 25.7 Å². The summed E-state index contributed by atoms with van der Waals surface area (Å²) in [6.45, 7) is 2.39. The maximum atomic E-state index is 12.6. The zero-order chi connectivity index (χ0) is 18.2. The number of nitrogens with zero attached hydrogens (tertiary/aromatic N) is 3. The standard InChI is InChI=1S/C16H27N3O6/c1-23-9-5-3-7-17-14(20)18(8-4-6-10-24-2)16(22)19(15(17)21)11-13-12-25-13/h13H,3-12H2,1-2H3. The molecule has 2 rings (SSSR count). The smallest absolute Gasteiger partial charge is 0.336 e. The van der Waals surface area contributed by atoms with E-state index in [2.05, 4.69) is 0 Å². The van der Waals surface area contributed by atoms with E-state index in [1.807, 2.05) is 0 Å². The third kappa shape index (κ3) is 5.38. The summed E-state index contributed by atoms with van der Waals surface area (Å²) < 4.78 is 18.5. The van der Waals surface area contributed by atoms with Gasteiger partial charge in [-0.3, -0.25) is 0 Å². The van der Waals surface area contributed by atoms with Crippen LogP contribution in [0.25, 0.3) is 0 Å². The number of epoxide rings is 1. The molecule has 0 amide bonds. The van der Waals surface area contributed by atoms with Gasteiger partial charge in [0.05, 0.1) is 19.3 Å². The lowest BCUT2D eigenvalue weighted by atomic mass is 10.3. The number of aromatic nitrogens is 3. The lowest BCUT2D eigenvalue weighted by Gasteiger charge is -2.13. The van der Waals surface area contributed by atoms with E-state index in [0.717, 1.165) is 26.5 Å². The van der Waals surface area contributed by atoms with E-state index in [4.69, 9.17) is 14.2 Å². The number of methoxy groups -OCH3 is 2. The van der Waals surface area contributed by atoms with Gasteiger partial charge in [0.15, 0.2) is 0 Å². The van der Waals surface area contributed by atoms with Crippen LogP contribution >= 0.6 is 0 Å². The summed E-state index contributed by atoms with van der Waals surface area (Å²) in [6, 6.07) is 0. The summed E-state index contributed by atoms with van der Waals surface area (Å²) in [5, 5.41) is 0. The molecule has 0 bridgehead atoms. The molecule has 1 saturated heterocycles. The van der Waals surface area contributed by atoms with Crippen LogP contribution in [0, 0.1) is 0 Å². The highest BCUT2D eigenvalue weighted by molar-refractivity contribution is 4.82. The van der Waals surface area contributed by atoms with Crippen molar-refractivity contribution in [2.45, 2.75) is 51.4 Å². The van der Waals surface area contributed by atoms with Crippen molar-refractivity contribution < 1.29 is 14.2 Å². The highest BCUT2D eigenvalue weighted by Crippen LogP contribution is 2.09. The number of hydrogen-bond donors (Lipinski definition) is 0. The van der Waals surface area contributed by atoms with Crippen molar-refractivity contribution in [1.82, 2.24) is 13.7 Å². The minimum atomic E-state index is -0.559. The lowest BCUT2D eigenvalue weighted by Crippen LogP contribution is -2.55. The lowest BCUT2D eigenvalue weighted by molar-refractivity contribution is 0.189. The molecule has 9 nitrogen and oxygen atoms in total. The zero-order valence-electron chi connectivity index (χ0n) is 14.9. The van der Waals surface area contributed by atoms with Crippen LogP contribution in [0.4, 0.5) is 0 Å². The first-order valence-electron chi connectivity index (χ1n) is 8.64. The summed E-state index contributed by atoms with van der Waals surface area (Å²) in [5.41, 5.74) is -1.66. The number of rotatable bonds is 12. The van der Waals surface area contributed by atoms with Gasteiger partial charge in [-0.1, -0.05) is 0 Å². The Morgan fingerprint density at radius 3 is 1.68 bits per heavy atom. The summed E-state index contributed by atoms with van der Waals surface area (Å²) >= 11 is 0. The Balaban J connectivity index is 2.27. The largest absolute Gasteiger partial charge is 0.385 e. The summed E-state index contributed by atoms with van der Waals surface area (Å²) in [7, 11) is 3.21. The molecule has 2 heterocycles. The maximum absolute atomic E-state index is 12.6. The van der Waals surface area contributed by atoms with Gasteiger partial charge in [0, 0.05) is 40.5 Å². The summed E-state index contributed by atoms with van der Waals surface area (Å²) in [5.74, 6) is 0. The molecule has 0 N–H and O–H groups in total. The normalized spacial score (nSPS) is 16.3. The molecule has 1 aromatic rings. The quantitative estimate of drug-likeness (QED) is 0.367. The van der Waals surface area contributed by atoms with Crippen molar-refractivity contribution >= 4 is 0 Å². The van der Waals surface area contributed by atoms with Crippen LogP contribution in [0.15, 0.2) is 14.4 Å². The molecule has 1 aliphatic rings. The highest BCUT2D eigenvalue weighted by Gasteiger charge is 2.26. The van der Waals surface area contributed by atoms with E-state index in [1.54, 1.807) is 14.2 Å². The SMILES string of the molecule is COCCCCn1c(=O)n(CCCCOC)c(=O)n(CC2CO2)c1=O. The fraction of sp³-hybridized carbons (Fsp3) is 0.812. The molecule has 1 atom stereocenters. The van der Waals surface area contributed by atoms with Gasteiger partial charge in [0.1, 0.15) is 0 Å². The van der Waals surface area contributed by atoms with Gasteiger partial charge in [-0.05, 0) is 25.7 Å². The van der Waals surface area contributed by atoms with Crippen LogP contribution in [0.2, 0.25) is 0 Å². The molecule has 1 aliphatic heterocycles. The monoisotopic (exact) mass is 357 g/mol. The first kappa shape index (κ1) is 19.6. The average molecular weight is 357 g/mol. The fourth-order valence-electron chi connectivity index (χ4n) is 2.63. The van der Waals surface area contributed by atoms with Gasteiger partial charge in [-0.15, -0.1) is 0 Å². The molecule has 142 valence electrons. The molecule has 0 radical (unpaired) electrons. The van der Waals surface area contributed by atoms with Crippen molar-refractivity contribution in [3.05, 3.63) is 31.5 Å². The third-order valence-corrected chi connectivity index (χ3v) is 4.13. The van der Waals surface area contributed by atoms with Crippen molar-refractivity contribution in [2.24, 2.45) is 0 Å². The van der Waals surface area contributed by atoms with Crippen LogP contribution in [0.5, 0.6) is 0 Å². The van der Waals surface area contributed by atoms with Gasteiger partial charge in [-0.2, -0.15) is 0 Å². The topological polar surface area (TPSA) is 97.0 Å². The Morgan fingerprint density at radius 1 is 0.840 bits per heavy atom. The molecule has 25 heavy (non-hydrogen) atoms. The van der Waals surface area contributed by atoms with E-state index in [1.165, 1.54) is 0 Å². The summed E-state index contributed by atoms with van der Waals surface area (Å²) in [4.78, 5) is 37.8. The second-order valence-corrected chi connectivity index (χ2v) is 6.12. The predicted molar refractivity (Wildman–Crippen MR) is 91.2 cm³/mol. The van der Waals surface area contributed by atoms with Crippen LogP contribution in [0.3, 0.4) is 0 Å². The molecule has 0 aromatic carbocycles. The molecule has 1 fully saturated rings. The third-order valence-electron chi connectivity index (χ3n) is 4.13. The molecular weight excluding hydrogens is 330 g/mol. The van der Waals surface area contributed by atoms with E-state index in [-0.39, 0.29) is 25.7 Å². The van der Waals surface area contributed by atoms with E-state index >= 15 is 0 Å². The second kappa shape index (κ2) is 9.69. The van der Waals surface area contributed by atoms with Gasteiger partial charge in [0.25, 0.3) is 0 Å². The van der Waals surface area contributed by atoms with E-state index in [9.17, 15) is 14.4 Å². The molecule has 0 saturated carbocycles. The van der Waals surface area contributed by atoms with Crippen molar-refractivity contribution in [1.29, 1.82) is 0 Å². The summed E-state index contributed by atoms with van der Waals surface area (Å²) in [6.07, 6.45) is 2.62. The Bertz CT molecular complexity index is 666. The highest BCUT2D eigenvalue weighted by atomic mass is 16.6. The molecule has 0 aliphatic carbocycles. The number of hydrogen-bond acceptors (Lipinski definition) is 6. The number of ether oxygens (including phenoxy) is 3. The molecule has 1 aromatic heterocycles. The zero-order valence-corrected chi connectivity index (χ0v) is 14.9. The Labute approximate surface area is 145 Å². The second-order valence-electron chi connectivity index (χ2n) is 6.12. The average Bonchev–Trinajstić information content (AvgIpc) is 3.41. The first-order chi connectivity index (χ1) is 12.1. The van der Waals surface area contributed by atoms with E-state index in [0.29, 0.717) is 32.7 Å². The van der Waals surface area contributed by atoms with Gasteiger partial charge < -0.3 is 14.2 Å². The molecular formula is C16H27N3O6. The molecule has 9 heteroatoms. The number of unbranched alkanes of at least 4 members (excludes halogenated alkanes) is 2. The van der Waals surface area contributed by atoms with Crippen LogP contribution in [-0.2, 0) is 33.8 Å². The van der Waals surface area contributed by atoms with E-state index < -0.39 is 17.1 Å². The minimum Gasteiger partial charge on any atom is -0.385 e. The fourth-order valence-corrected chi connectivity index (χ4v) is 2.63. The van der Waals surface area contributed by atoms with Gasteiger partial charge >= 0.3 is 17.1 Å². The van der Waals surface area contributed by atoms with Crippen molar-refractivity contribution in [2.75, 3.05) is 34.0 Å². The van der Waals surface area contributed by atoms with Crippen LogP contribution in [-0.4, -0.2) is 53.8 Å². The Morgan fingerprint density at radius 2 is 1.28 bits per heavy atom. The van der Waals surface area contributed by atoms with Crippen molar-refractivity contribution in [3.8, 4) is 0 Å². The minimum absolute atomic E-state index is 0.119.